The first-order chi connectivity index (χ1) is 16.5. The van der Waals surface area contributed by atoms with Gasteiger partial charge >= 0.3 is 5.97 Å². The van der Waals surface area contributed by atoms with Crippen LogP contribution in [0.5, 0.6) is 0 Å². The predicted octanol–water partition coefficient (Wildman–Crippen LogP) is 4.63. The van der Waals surface area contributed by atoms with Crippen LogP contribution in [0.3, 0.4) is 0 Å². The molecule has 2 aromatic carbocycles. The van der Waals surface area contributed by atoms with Crippen molar-refractivity contribution >= 4 is 29.2 Å². The number of aryl methyl sites for hydroxylation is 1. The van der Waals surface area contributed by atoms with Crippen LogP contribution in [0.4, 0.5) is 11.4 Å². The third kappa shape index (κ3) is 11.1. The Hall–Kier alpha value is -3.19. The molecule has 0 saturated carbocycles. The average molecular weight is 469 g/mol. The van der Waals surface area contributed by atoms with E-state index in [0.29, 0.717) is 25.7 Å². The number of hydrogen-bond acceptors (Lipinski definition) is 5. The van der Waals surface area contributed by atoms with Crippen molar-refractivity contribution in [1.29, 1.82) is 0 Å². The highest BCUT2D eigenvalue weighted by Gasteiger charge is 2.06. The van der Waals surface area contributed by atoms with Crippen LogP contribution >= 0.6 is 0 Å². The largest absolute Gasteiger partial charge is 0.469 e. The van der Waals surface area contributed by atoms with E-state index >= 15 is 0 Å². The molecule has 0 aliphatic carbocycles. The van der Waals surface area contributed by atoms with E-state index in [9.17, 15) is 14.4 Å². The zero-order chi connectivity index (χ0) is 24.6. The Bertz CT molecular complexity index is 894. The first-order valence-corrected chi connectivity index (χ1v) is 12.0. The Morgan fingerprint density at radius 1 is 0.676 bits per heavy atom. The molecule has 0 saturated heterocycles. The third-order valence-corrected chi connectivity index (χ3v) is 5.51. The minimum atomic E-state index is -0.189. The summed E-state index contributed by atoms with van der Waals surface area (Å²) in [5.41, 5.74) is 3.67. The molecule has 0 fully saturated rings. The highest BCUT2D eigenvalue weighted by atomic mass is 16.5. The SMILES string of the molecule is COC(=O)CCCCCCC(=O)Nc1ccc(CCCC(=O)Nc2ccc(CCO)cc2)cc1. The molecule has 3 N–H and O–H groups in total. The number of anilines is 2. The number of ether oxygens (including phenoxy) is 1. The normalized spacial score (nSPS) is 10.5. The molecule has 0 unspecified atom stereocenters. The monoisotopic (exact) mass is 468 g/mol. The molecule has 0 bridgehead atoms. The van der Waals surface area contributed by atoms with Gasteiger partial charge in [-0.05, 0) is 67.5 Å². The summed E-state index contributed by atoms with van der Waals surface area (Å²) >= 11 is 0. The van der Waals surface area contributed by atoms with E-state index in [1.54, 1.807) is 0 Å². The van der Waals surface area contributed by atoms with Gasteiger partial charge < -0.3 is 20.5 Å². The smallest absolute Gasteiger partial charge is 0.305 e. The molecule has 0 aliphatic rings. The van der Waals surface area contributed by atoms with Crippen LogP contribution in [0.25, 0.3) is 0 Å². The molecule has 7 heteroatoms. The summed E-state index contributed by atoms with van der Waals surface area (Å²) in [5.74, 6) is -0.226. The standard InChI is InChI=1S/C27H36N2O5/c1-34-27(33)10-5-3-2-4-8-25(31)28-23-15-11-21(12-16-23)7-6-9-26(32)29-24-17-13-22(14-18-24)19-20-30/h11-18,30H,2-10,19-20H2,1H3,(H,28,31)(H,29,32). The molecule has 34 heavy (non-hydrogen) atoms. The van der Waals surface area contributed by atoms with Crippen LogP contribution in [0, 0.1) is 0 Å². The van der Waals surface area contributed by atoms with Gasteiger partial charge in [0.25, 0.3) is 0 Å². The fraction of sp³-hybridized carbons (Fsp3) is 0.444. The first kappa shape index (κ1) is 27.1. The summed E-state index contributed by atoms with van der Waals surface area (Å²) in [4.78, 5) is 35.3. The highest BCUT2D eigenvalue weighted by molar-refractivity contribution is 5.91. The second kappa shape index (κ2) is 15.6. The van der Waals surface area contributed by atoms with Gasteiger partial charge in [-0.15, -0.1) is 0 Å². The lowest BCUT2D eigenvalue weighted by molar-refractivity contribution is -0.140. The lowest BCUT2D eigenvalue weighted by Gasteiger charge is -2.08. The molecule has 0 aromatic heterocycles. The maximum atomic E-state index is 12.2. The first-order valence-electron chi connectivity index (χ1n) is 12.0. The molecule has 2 amide bonds. The number of aliphatic hydroxyl groups excluding tert-OH is 1. The maximum absolute atomic E-state index is 12.2. The van der Waals surface area contributed by atoms with Crippen LogP contribution in [0.1, 0.15) is 62.5 Å². The fourth-order valence-electron chi connectivity index (χ4n) is 3.55. The Kier molecular flexibility index (Phi) is 12.4. The van der Waals surface area contributed by atoms with E-state index in [2.05, 4.69) is 15.4 Å². The minimum absolute atomic E-state index is 0.0122. The van der Waals surface area contributed by atoms with Crippen molar-refractivity contribution < 1.29 is 24.2 Å². The number of hydrogen-bond donors (Lipinski definition) is 3. The quantitative estimate of drug-likeness (QED) is 0.261. The molecule has 2 rings (SSSR count). The van der Waals surface area contributed by atoms with Crippen LogP contribution in [-0.2, 0) is 32.0 Å². The Balaban J connectivity index is 1.60. The molecule has 184 valence electrons. The van der Waals surface area contributed by atoms with Crippen LogP contribution < -0.4 is 10.6 Å². The molecule has 2 aromatic rings. The molecule has 0 aliphatic heterocycles. The van der Waals surface area contributed by atoms with E-state index in [-0.39, 0.29) is 24.4 Å². The zero-order valence-electron chi connectivity index (χ0n) is 20.0. The summed E-state index contributed by atoms with van der Waals surface area (Å²) in [7, 11) is 1.39. The summed E-state index contributed by atoms with van der Waals surface area (Å²) in [5, 5.41) is 14.8. The van der Waals surface area contributed by atoms with Crippen molar-refractivity contribution in [3.8, 4) is 0 Å². The zero-order valence-corrected chi connectivity index (χ0v) is 20.0. The number of aliphatic hydroxyl groups is 1. The number of benzene rings is 2. The molecule has 7 nitrogen and oxygen atoms in total. The Labute approximate surface area is 201 Å². The molecular weight excluding hydrogens is 432 g/mol. The summed E-state index contributed by atoms with van der Waals surface area (Å²) in [6.07, 6.45) is 6.83. The number of nitrogens with one attached hydrogen (secondary N) is 2. The van der Waals surface area contributed by atoms with E-state index in [1.807, 2.05) is 48.5 Å². The maximum Gasteiger partial charge on any atom is 0.305 e. The second-order valence-corrected chi connectivity index (χ2v) is 8.31. The van der Waals surface area contributed by atoms with Gasteiger partial charge in [0.1, 0.15) is 0 Å². The number of carbonyl (C=O) groups is 3. The van der Waals surface area contributed by atoms with Crippen molar-refractivity contribution in [1.82, 2.24) is 0 Å². The number of rotatable bonds is 15. The van der Waals surface area contributed by atoms with Gasteiger partial charge in [0.05, 0.1) is 7.11 Å². The number of amides is 2. The van der Waals surface area contributed by atoms with Crippen LogP contribution in [-0.4, -0.2) is 36.6 Å². The van der Waals surface area contributed by atoms with E-state index in [1.165, 1.54) is 7.11 Å². The van der Waals surface area contributed by atoms with Gasteiger partial charge in [0, 0.05) is 37.2 Å². The van der Waals surface area contributed by atoms with Crippen molar-refractivity contribution in [3.63, 3.8) is 0 Å². The molecule has 0 atom stereocenters. The topological polar surface area (TPSA) is 105 Å². The highest BCUT2D eigenvalue weighted by Crippen LogP contribution is 2.15. The molecule has 0 spiro atoms. The summed E-state index contributed by atoms with van der Waals surface area (Å²) < 4.78 is 4.61. The average Bonchev–Trinajstić information content (AvgIpc) is 2.83. The lowest BCUT2D eigenvalue weighted by Crippen LogP contribution is -2.12. The lowest BCUT2D eigenvalue weighted by atomic mass is 10.1. The fourth-order valence-corrected chi connectivity index (χ4v) is 3.55. The van der Waals surface area contributed by atoms with Crippen molar-refractivity contribution in [3.05, 3.63) is 59.7 Å². The van der Waals surface area contributed by atoms with Gasteiger partial charge in [0.15, 0.2) is 0 Å². The number of esters is 1. The van der Waals surface area contributed by atoms with E-state index in [4.69, 9.17) is 5.11 Å². The Morgan fingerprint density at radius 2 is 1.15 bits per heavy atom. The van der Waals surface area contributed by atoms with Gasteiger partial charge in [-0.2, -0.15) is 0 Å². The summed E-state index contributed by atoms with van der Waals surface area (Å²) in [6.45, 7) is 0.111. The van der Waals surface area contributed by atoms with Crippen molar-refractivity contribution in [2.45, 2.75) is 64.2 Å². The minimum Gasteiger partial charge on any atom is -0.469 e. The number of methoxy groups -OCH3 is 1. The van der Waals surface area contributed by atoms with Gasteiger partial charge in [-0.25, -0.2) is 0 Å². The van der Waals surface area contributed by atoms with Gasteiger partial charge in [0.2, 0.25) is 11.8 Å². The van der Waals surface area contributed by atoms with Gasteiger partial charge in [-0.3, -0.25) is 14.4 Å². The molecule has 0 heterocycles. The van der Waals surface area contributed by atoms with E-state index in [0.717, 1.165) is 61.0 Å². The van der Waals surface area contributed by atoms with Crippen LogP contribution in [0.2, 0.25) is 0 Å². The summed E-state index contributed by atoms with van der Waals surface area (Å²) in [6, 6.07) is 15.2. The van der Waals surface area contributed by atoms with Crippen molar-refractivity contribution in [2.75, 3.05) is 24.4 Å². The Morgan fingerprint density at radius 3 is 1.65 bits per heavy atom. The van der Waals surface area contributed by atoms with Crippen molar-refractivity contribution in [2.24, 2.45) is 0 Å². The predicted molar refractivity (Wildman–Crippen MR) is 134 cm³/mol. The molecular formula is C27H36N2O5. The van der Waals surface area contributed by atoms with Gasteiger partial charge in [-0.1, -0.05) is 37.1 Å². The number of unbranched alkanes of at least 4 members (excludes halogenated alkanes) is 3. The van der Waals surface area contributed by atoms with E-state index < -0.39 is 0 Å². The molecule has 0 radical (unpaired) electrons. The second-order valence-electron chi connectivity index (χ2n) is 8.31. The van der Waals surface area contributed by atoms with Crippen LogP contribution in [0.15, 0.2) is 48.5 Å². The number of carbonyl (C=O) groups excluding carboxylic acids is 3. The third-order valence-electron chi connectivity index (χ3n) is 5.51.